The van der Waals surface area contributed by atoms with Crippen molar-refractivity contribution in [2.75, 3.05) is 36.8 Å². The summed E-state index contributed by atoms with van der Waals surface area (Å²) in [6.07, 6.45) is 0. The van der Waals surface area contributed by atoms with E-state index in [1.807, 2.05) is 37.3 Å². The van der Waals surface area contributed by atoms with Gasteiger partial charge in [-0.05, 0) is 29.7 Å². The van der Waals surface area contributed by atoms with Gasteiger partial charge in [-0.2, -0.15) is 4.31 Å². The van der Waals surface area contributed by atoms with Crippen molar-refractivity contribution < 1.29 is 18.0 Å². The van der Waals surface area contributed by atoms with Gasteiger partial charge in [0.05, 0.1) is 16.3 Å². The molecule has 0 spiro atoms. The molecule has 172 valence electrons. The molecule has 0 bridgehead atoms. The van der Waals surface area contributed by atoms with Crippen molar-refractivity contribution in [2.24, 2.45) is 0 Å². The van der Waals surface area contributed by atoms with E-state index in [0.717, 1.165) is 10.5 Å². The van der Waals surface area contributed by atoms with E-state index in [1.165, 1.54) is 27.0 Å². The molecule has 0 aliphatic carbocycles. The first-order chi connectivity index (χ1) is 15.3. The molecular formula is C23H29N3O4S2. The Labute approximate surface area is 194 Å². The number of sulfonamides is 1. The summed E-state index contributed by atoms with van der Waals surface area (Å²) >= 11 is 1.35. The van der Waals surface area contributed by atoms with E-state index in [9.17, 15) is 18.0 Å². The summed E-state index contributed by atoms with van der Waals surface area (Å²) in [5.41, 5.74) is 1.58. The minimum Gasteiger partial charge on any atom is -0.354 e. The van der Waals surface area contributed by atoms with Crippen LogP contribution in [0.2, 0.25) is 0 Å². The van der Waals surface area contributed by atoms with Gasteiger partial charge in [0.1, 0.15) is 6.54 Å². The molecule has 9 heteroatoms. The molecule has 2 amide bonds. The molecule has 7 nitrogen and oxygen atoms in total. The summed E-state index contributed by atoms with van der Waals surface area (Å²) in [5, 5.41) is 2.89. The summed E-state index contributed by atoms with van der Waals surface area (Å²) in [4.78, 5) is 27.6. The Kier molecular flexibility index (Phi) is 7.97. The molecule has 1 heterocycles. The molecule has 2 aromatic rings. The highest BCUT2D eigenvalue weighted by atomic mass is 32.2. The molecule has 1 aliphatic heterocycles. The van der Waals surface area contributed by atoms with E-state index < -0.39 is 10.0 Å². The number of hydrogen-bond acceptors (Lipinski definition) is 5. The van der Waals surface area contributed by atoms with E-state index in [-0.39, 0.29) is 34.9 Å². The van der Waals surface area contributed by atoms with E-state index in [0.29, 0.717) is 25.3 Å². The number of fused-ring (bicyclic) bond motifs is 1. The van der Waals surface area contributed by atoms with Crippen LogP contribution in [0.25, 0.3) is 0 Å². The Hall–Kier alpha value is -2.36. The maximum absolute atomic E-state index is 12.9. The Bertz CT molecular complexity index is 1070. The number of amides is 2. The van der Waals surface area contributed by atoms with Crippen LogP contribution in [0.5, 0.6) is 0 Å². The van der Waals surface area contributed by atoms with Crippen molar-refractivity contribution in [3.05, 3.63) is 54.1 Å². The van der Waals surface area contributed by atoms with Crippen LogP contribution in [0, 0.1) is 0 Å². The van der Waals surface area contributed by atoms with Gasteiger partial charge in [-0.25, -0.2) is 8.42 Å². The van der Waals surface area contributed by atoms with Crippen molar-refractivity contribution in [1.82, 2.24) is 9.62 Å². The lowest BCUT2D eigenvalue weighted by Gasteiger charge is -2.29. The minimum atomic E-state index is -3.67. The Morgan fingerprint density at radius 3 is 2.50 bits per heavy atom. The average molecular weight is 476 g/mol. The molecule has 0 fully saturated rings. The summed E-state index contributed by atoms with van der Waals surface area (Å²) < 4.78 is 27.2. The maximum Gasteiger partial charge on any atom is 0.243 e. The topological polar surface area (TPSA) is 86.8 Å². The smallest absolute Gasteiger partial charge is 0.243 e. The summed E-state index contributed by atoms with van der Waals surface area (Å²) in [6, 6.07) is 14.7. The SMILES string of the molecule is CCN(CC)S(=O)(=O)c1ccc2c(c1)N(CC(=O)NCC(C)c1ccccc1)C(=O)CS2. The largest absolute Gasteiger partial charge is 0.354 e. The van der Waals surface area contributed by atoms with Crippen molar-refractivity contribution in [3.63, 3.8) is 0 Å². The van der Waals surface area contributed by atoms with Crippen LogP contribution in [-0.4, -0.2) is 56.5 Å². The normalized spacial score (nSPS) is 14.9. The fourth-order valence-corrected chi connectivity index (χ4v) is 5.99. The van der Waals surface area contributed by atoms with Gasteiger partial charge in [0.15, 0.2) is 0 Å². The molecule has 1 unspecified atom stereocenters. The van der Waals surface area contributed by atoms with Crippen LogP contribution in [0.3, 0.4) is 0 Å². The molecule has 3 rings (SSSR count). The average Bonchev–Trinajstić information content (AvgIpc) is 2.80. The third-order valence-corrected chi connectivity index (χ3v) is 8.59. The molecule has 32 heavy (non-hydrogen) atoms. The van der Waals surface area contributed by atoms with Gasteiger partial charge < -0.3 is 10.2 Å². The molecule has 1 aliphatic rings. The molecule has 0 aromatic heterocycles. The number of benzene rings is 2. The van der Waals surface area contributed by atoms with Crippen LogP contribution in [0.1, 0.15) is 32.3 Å². The number of anilines is 1. The third-order valence-electron chi connectivity index (χ3n) is 5.49. The Morgan fingerprint density at radius 1 is 1.16 bits per heavy atom. The number of rotatable bonds is 9. The highest BCUT2D eigenvalue weighted by Gasteiger charge is 2.30. The fraction of sp³-hybridized carbons (Fsp3) is 0.391. The highest BCUT2D eigenvalue weighted by Crippen LogP contribution is 2.37. The van der Waals surface area contributed by atoms with E-state index >= 15 is 0 Å². The van der Waals surface area contributed by atoms with E-state index in [4.69, 9.17) is 0 Å². The number of carbonyl (C=O) groups is 2. The predicted octanol–water partition coefficient (Wildman–Crippen LogP) is 3.08. The molecule has 0 saturated carbocycles. The van der Waals surface area contributed by atoms with Gasteiger partial charge in [0, 0.05) is 24.5 Å². The van der Waals surface area contributed by atoms with Gasteiger partial charge in [-0.15, -0.1) is 11.8 Å². The zero-order chi connectivity index (χ0) is 23.3. The number of carbonyl (C=O) groups excluding carboxylic acids is 2. The van der Waals surface area contributed by atoms with Crippen molar-refractivity contribution >= 4 is 39.3 Å². The van der Waals surface area contributed by atoms with Crippen LogP contribution >= 0.6 is 11.8 Å². The first-order valence-corrected chi connectivity index (χ1v) is 13.1. The van der Waals surface area contributed by atoms with Crippen molar-refractivity contribution in [2.45, 2.75) is 36.5 Å². The second-order valence-corrected chi connectivity index (χ2v) is 10.6. The number of hydrogen-bond donors (Lipinski definition) is 1. The lowest BCUT2D eigenvalue weighted by molar-refractivity contribution is -0.123. The number of nitrogens with zero attached hydrogens (tertiary/aromatic N) is 2. The van der Waals surface area contributed by atoms with Crippen LogP contribution < -0.4 is 10.2 Å². The standard InChI is InChI=1S/C23H29N3O4S2/c1-4-25(5-2)32(29,30)19-11-12-21-20(13-19)26(23(28)16-31-21)15-22(27)24-14-17(3)18-9-7-6-8-10-18/h6-13,17H,4-5,14-16H2,1-3H3,(H,24,27). The summed E-state index contributed by atoms with van der Waals surface area (Å²) in [5.74, 6) is -0.156. The third kappa shape index (κ3) is 5.33. The number of thioether (sulfide) groups is 1. The predicted molar refractivity (Wildman–Crippen MR) is 127 cm³/mol. The Morgan fingerprint density at radius 2 is 1.84 bits per heavy atom. The second kappa shape index (κ2) is 10.5. The second-order valence-electron chi connectivity index (χ2n) is 7.60. The van der Waals surface area contributed by atoms with E-state index in [1.54, 1.807) is 26.0 Å². The van der Waals surface area contributed by atoms with Gasteiger partial charge in [0.25, 0.3) is 0 Å². The molecule has 1 N–H and O–H groups in total. The van der Waals surface area contributed by atoms with Crippen LogP contribution in [0.15, 0.2) is 58.3 Å². The molecule has 0 radical (unpaired) electrons. The monoisotopic (exact) mass is 475 g/mol. The first kappa shape index (κ1) is 24.3. The number of nitrogens with one attached hydrogen (secondary N) is 1. The fourth-order valence-electron chi connectivity index (χ4n) is 3.59. The quantitative estimate of drug-likeness (QED) is 0.602. The van der Waals surface area contributed by atoms with E-state index in [2.05, 4.69) is 5.32 Å². The molecule has 0 saturated heterocycles. The maximum atomic E-state index is 12.9. The Balaban J connectivity index is 1.77. The minimum absolute atomic E-state index is 0.123. The zero-order valence-electron chi connectivity index (χ0n) is 18.6. The van der Waals surface area contributed by atoms with Gasteiger partial charge in [-0.1, -0.05) is 51.1 Å². The molecule has 2 aromatic carbocycles. The van der Waals surface area contributed by atoms with Gasteiger partial charge in [-0.3, -0.25) is 9.59 Å². The zero-order valence-corrected chi connectivity index (χ0v) is 20.2. The highest BCUT2D eigenvalue weighted by molar-refractivity contribution is 8.00. The summed E-state index contributed by atoms with van der Waals surface area (Å²) in [6.45, 7) is 6.60. The van der Waals surface area contributed by atoms with Crippen LogP contribution in [0.4, 0.5) is 5.69 Å². The lowest BCUT2D eigenvalue weighted by atomic mass is 10.0. The van der Waals surface area contributed by atoms with Gasteiger partial charge in [0.2, 0.25) is 21.8 Å². The summed E-state index contributed by atoms with van der Waals surface area (Å²) in [7, 11) is -3.67. The molecular weight excluding hydrogens is 446 g/mol. The molecule has 1 atom stereocenters. The van der Waals surface area contributed by atoms with Crippen LogP contribution in [-0.2, 0) is 19.6 Å². The lowest BCUT2D eigenvalue weighted by Crippen LogP contribution is -2.44. The van der Waals surface area contributed by atoms with Crippen molar-refractivity contribution in [1.29, 1.82) is 0 Å². The first-order valence-electron chi connectivity index (χ1n) is 10.7. The van der Waals surface area contributed by atoms with Gasteiger partial charge >= 0.3 is 0 Å². The van der Waals surface area contributed by atoms with Crippen molar-refractivity contribution in [3.8, 4) is 0 Å².